The van der Waals surface area contributed by atoms with Gasteiger partial charge in [-0.05, 0) is 24.7 Å². The summed E-state index contributed by atoms with van der Waals surface area (Å²) in [6, 6.07) is 3.61. The van der Waals surface area contributed by atoms with Crippen LogP contribution in [0, 0.1) is 0 Å². The number of pyridine rings is 1. The smallest absolute Gasteiger partial charge is 0.186 e. The van der Waals surface area contributed by atoms with Crippen LogP contribution in [0.25, 0.3) is 0 Å². The summed E-state index contributed by atoms with van der Waals surface area (Å²) in [6.45, 7) is 1.87. The number of hydrazone groups is 1. The van der Waals surface area contributed by atoms with Crippen LogP contribution >= 0.6 is 11.6 Å². The first kappa shape index (κ1) is 12.0. The Morgan fingerprint density at radius 3 is 2.94 bits per heavy atom. The first-order valence-electron chi connectivity index (χ1n) is 5.90. The quantitative estimate of drug-likeness (QED) is 0.748. The first-order valence-corrected chi connectivity index (χ1v) is 6.27. The van der Waals surface area contributed by atoms with Crippen molar-refractivity contribution in [3.8, 4) is 0 Å². The lowest BCUT2D eigenvalue weighted by Crippen LogP contribution is -2.51. The monoisotopic (exact) mass is 265 g/mol. The van der Waals surface area contributed by atoms with Crippen LogP contribution in [0.15, 0.2) is 23.4 Å². The second-order valence-electron chi connectivity index (χ2n) is 4.47. The van der Waals surface area contributed by atoms with Crippen LogP contribution in [0.4, 0.5) is 5.82 Å². The topological polar surface area (TPSA) is 47.0 Å². The van der Waals surface area contributed by atoms with Crippen molar-refractivity contribution < 1.29 is 9.47 Å². The Labute approximate surface area is 111 Å². The lowest BCUT2D eigenvalue weighted by atomic mass is 9.95. The molecule has 94 valence electrons. The number of ether oxygens (including phenoxy) is 2. The maximum Gasteiger partial charge on any atom is 0.186 e. The van der Waals surface area contributed by atoms with Gasteiger partial charge in [-0.15, -0.1) is 0 Å². The molecule has 0 aromatic carbocycles. The van der Waals surface area contributed by atoms with Gasteiger partial charge in [0.25, 0.3) is 0 Å². The van der Waals surface area contributed by atoms with Gasteiger partial charge in [0, 0.05) is 12.6 Å². The summed E-state index contributed by atoms with van der Waals surface area (Å²) in [5, 5.41) is 6.85. The lowest BCUT2D eigenvalue weighted by molar-refractivity contribution is -0.380. The normalized spacial score (nSPS) is 31.1. The number of hydrogen-bond acceptors (Lipinski definition) is 5. The molecule has 1 fully saturated rings. The van der Waals surface area contributed by atoms with Gasteiger partial charge in [0.1, 0.15) is 6.04 Å². The summed E-state index contributed by atoms with van der Waals surface area (Å²) in [4.78, 5) is 4.28. The van der Waals surface area contributed by atoms with E-state index in [-0.39, 0.29) is 18.6 Å². The summed E-state index contributed by atoms with van der Waals surface area (Å²) in [5.41, 5.74) is 1.02. The van der Waals surface area contributed by atoms with E-state index in [1.165, 1.54) is 0 Å². The fraction of sp³-hybridized carbons (Fsp3) is 0.455. The minimum Gasteiger partial charge on any atom is -0.322 e. The number of aromatic nitrogens is 1. The van der Waals surface area contributed by atoms with Crippen molar-refractivity contribution >= 4 is 30.9 Å². The van der Waals surface area contributed by atoms with Crippen molar-refractivity contribution in [3.63, 3.8) is 0 Å². The Kier molecular flexibility index (Phi) is 3.01. The van der Waals surface area contributed by atoms with E-state index in [9.17, 15) is 0 Å². The summed E-state index contributed by atoms with van der Waals surface area (Å²) >= 11 is 6.16. The molecule has 18 heavy (non-hydrogen) atoms. The van der Waals surface area contributed by atoms with E-state index in [1.807, 2.05) is 14.8 Å². The molecular weight excluding hydrogens is 252 g/mol. The van der Waals surface area contributed by atoms with Gasteiger partial charge in [0.2, 0.25) is 0 Å². The molecule has 1 unspecified atom stereocenters. The number of nitrogens with zero attached hydrogens (tertiary/aromatic N) is 3. The van der Waals surface area contributed by atoms with Crippen LogP contribution in [-0.4, -0.2) is 37.1 Å². The third kappa shape index (κ3) is 2.00. The SMILES string of the molecule is BC1=NN(c2ncccc2Cl)C(C2OC(C)O2)C1. The highest BCUT2D eigenvalue weighted by Crippen LogP contribution is 2.34. The Morgan fingerprint density at radius 2 is 2.28 bits per heavy atom. The molecule has 1 aromatic heterocycles. The summed E-state index contributed by atoms with van der Waals surface area (Å²) in [6.07, 6.45) is 2.09. The van der Waals surface area contributed by atoms with E-state index in [0.29, 0.717) is 10.8 Å². The zero-order valence-corrected chi connectivity index (χ0v) is 11.0. The van der Waals surface area contributed by atoms with Crippen LogP contribution in [0.3, 0.4) is 0 Å². The maximum absolute atomic E-state index is 6.16. The predicted octanol–water partition coefficient (Wildman–Crippen LogP) is 0.979. The third-order valence-electron chi connectivity index (χ3n) is 3.02. The van der Waals surface area contributed by atoms with Crippen molar-refractivity contribution in [3.05, 3.63) is 23.4 Å². The Balaban J connectivity index is 1.86. The van der Waals surface area contributed by atoms with Crippen LogP contribution in [-0.2, 0) is 9.47 Å². The fourth-order valence-electron chi connectivity index (χ4n) is 2.22. The average molecular weight is 266 g/mol. The number of hydrogen-bond donors (Lipinski definition) is 0. The molecule has 0 saturated carbocycles. The van der Waals surface area contributed by atoms with Crippen LogP contribution in [0.5, 0.6) is 0 Å². The summed E-state index contributed by atoms with van der Waals surface area (Å²) in [7, 11) is 1.98. The van der Waals surface area contributed by atoms with Crippen LogP contribution < -0.4 is 5.01 Å². The maximum atomic E-state index is 6.16. The van der Waals surface area contributed by atoms with Gasteiger partial charge in [-0.3, -0.25) is 0 Å². The van der Waals surface area contributed by atoms with Gasteiger partial charge in [0.15, 0.2) is 26.2 Å². The van der Waals surface area contributed by atoms with Gasteiger partial charge >= 0.3 is 0 Å². The Hall–Kier alpha value is -1.11. The molecule has 1 saturated heterocycles. The van der Waals surface area contributed by atoms with Crippen molar-refractivity contribution in [2.45, 2.75) is 32.0 Å². The molecule has 1 atom stereocenters. The third-order valence-corrected chi connectivity index (χ3v) is 3.31. The zero-order valence-electron chi connectivity index (χ0n) is 10.2. The minimum absolute atomic E-state index is 0.00796. The predicted molar refractivity (Wildman–Crippen MR) is 71.5 cm³/mol. The molecule has 5 nitrogen and oxygen atoms in total. The van der Waals surface area contributed by atoms with Gasteiger partial charge in [-0.2, -0.15) is 5.10 Å². The summed E-state index contributed by atoms with van der Waals surface area (Å²) < 4.78 is 11.1. The molecular formula is C11H13BClN3O2. The molecule has 2 aliphatic rings. The van der Waals surface area contributed by atoms with Crippen LogP contribution in [0.1, 0.15) is 13.3 Å². The number of anilines is 1. The number of halogens is 1. The standard InChI is InChI=1S/C11H13BClN3O2/c1-6-17-11(18-6)8-5-9(12)15-16(8)10-7(13)3-2-4-14-10/h2-4,6,8,11H,5,12H2,1H3. The first-order chi connectivity index (χ1) is 8.65. The Morgan fingerprint density at radius 1 is 1.50 bits per heavy atom. The Bertz CT molecular complexity index is 493. The van der Waals surface area contributed by atoms with Crippen molar-refractivity contribution in [1.29, 1.82) is 0 Å². The highest BCUT2D eigenvalue weighted by Gasteiger charge is 2.42. The van der Waals surface area contributed by atoms with Crippen molar-refractivity contribution in [1.82, 2.24) is 4.98 Å². The molecule has 0 bridgehead atoms. The molecule has 3 rings (SSSR count). The molecule has 0 N–H and O–H groups in total. The van der Waals surface area contributed by atoms with E-state index >= 15 is 0 Å². The molecule has 0 aliphatic carbocycles. The van der Waals surface area contributed by atoms with Crippen molar-refractivity contribution in [2.24, 2.45) is 5.10 Å². The van der Waals surface area contributed by atoms with Crippen LogP contribution in [0.2, 0.25) is 5.02 Å². The highest BCUT2D eigenvalue weighted by molar-refractivity contribution is 6.60. The average Bonchev–Trinajstić information content (AvgIpc) is 2.67. The summed E-state index contributed by atoms with van der Waals surface area (Å²) in [5.74, 6) is 0.646. The zero-order chi connectivity index (χ0) is 12.7. The van der Waals surface area contributed by atoms with Gasteiger partial charge < -0.3 is 9.47 Å². The van der Waals surface area contributed by atoms with E-state index in [0.717, 1.165) is 12.0 Å². The molecule has 1 aromatic rings. The van der Waals surface area contributed by atoms with Gasteiger partial charge in [0.05, 0.1) is 5.02 Å². The molecule has 0 spiro atoms. The second kappa shape index (κ2) is 4.53. The van der Waals surface area contributed by atoms with Crippen molar-refractivity contribution in [2.75, 3.05) is 5.01 Å². The minimum atomic E-state index is -0.265. The second-order valence-corrected chi connectivity index (χ2v) is 4.88. The lowest BCUT2D eigenvalue weighted by Gasteiger charge is -2.40. The van der Waals surface area contributed by atoms with Gasteiger partial charge in [-0.1, -0.05) is 11.6 Å². The number of rotatable bonds is 2. The van der Waals surface area contributed by atoms with E-state index < -0.39 is 0 Å². The molecule has 0 amide bonds. The fourth-order valence-corrected chi connectivity index (χ4v) is 2.43. The molecule has 2 aliphatic heterocycles. The molecule has 7 heteroatoms. The largest absolute Gasteiger partial charge is 0.322 e. The van der Waals surface area contributed by atoms with E-state index in [2.05, 4.69) is 10.1 Å². The van der Waals surface area contributed by atoms with E-state index in [4.69, 9.17) is 21.1 Å². The highest BCUT2D eigenvalue weighted by atomic mass is 35.5. The van der Waals surface area contributed by atoms with Gasteiger partial charge in [-0.25, -0.2) is 9.99 Å². The molecule has 3 heterocycles. The van der Waals surface area contributed by atoms with E-state index in [1.54, 1.807) is 23.3 Å². The molecule has 0 radical (unpaired) electrons.